The SMILES string of the molecule is O=C(NOC1CCCCO1)c1nc(Cl)ccc1Cl. The Bertz CT molecular complexity index is 436. The quantitative estimate of drug-likeness (QED) is 0.687. The van der Waals surface area contributed by atoms with Crippen LogP contribution in [0.15, 0.2) is 12.1 Å². The molecule has 1 atom stereocenters. The maximum Gasteiger partial charge on any atom is 0.295 e. The first-order valence-corrected chi connectivity index (χ1v) is 6.32. The highest BCUT2D eigenvalue weighted by Crippen LogP contribution is 2.17. The van der Waals surface area contributed by atoms with Crippen molar-refractivity contribution in [2.75, 3.05) is 6.61 Å². The van der Waals surface area contributed by atoms with E-state index >= 15 is 0 Å². The maximum atomic E-state index is 11.8. The van der Waals surface area contributed by atoms with Crippen LogP contribution in [0.2, 0.25) is 10.2 Å². The molecule has 0 saturated carbocycles. The zero-order valence-corrected chi connectivity index (χ0v) is 11.0. The van der Waals surface area contributed by atoms with Gasteiger partial charge >= 0.3 is 0 Å². The lowest BCUT2D eigenvalue weighted by atomic mass is 10.2. The molecule has 0 aromatic carbocycles. The minimum Gasteiger partial charge on any atom is -0.350 e. The minimum absolute atomic E-state index is 0.0278. The molecule has 18 heavy (non-hydrogen) atoms. The lowest BCUT2D eigenvalue weighted by Gasteiger charge is -2.22. The van der Waals surface area contributed by atoms with Gasteiger partial charge in [0.15, 0.2) is 12.0 Å². The Morgan fingerprint density at radius 3 is 3.00 bits per heavy atom. The van der Waals surface area contributed by atoms with Gasteiger partial charge in [-0.2, -0.15) is 0 Å². The third-order valence-corrected chi connectivity index (χ3v) is 2.96. The summed E-state index contributed by atoms with van der Waals surface area (Å²) < 4.78 is 5.30. The van der Waals surface area contributed by atoms with Crippen molar-refractivity contribution in [2.45, 2.75) is 25.6 Å². The number of hydrogen-bond acceptors (Lipinski definition) is 4. The molecule has 5 nitrogen and oxygen atoms in total. The number of amides is 1. The Kier molecular flexibility index (Phi) is 4.77. The smallest absolute Gasteiger partial charge is 0.295 e. The van der Waals surface area contributed by atoms with E-state index in [1.165, 1.54) is 12.1 Å². The molecule has 1 aromatic rings. The van der Waals surface area contributed by atoms with Gasteiger partial charge in [-0.25, -0.2) is 15.3 Å². The number of carbonyl (C=O) groups is 1. The number of hydroxylamine groups is 1. The van der Waals surface area contributed by atoms with E-state index < -0.39 is 12.2 Å². The molecule has 0 radical (unpaired) electrons. The van der Waals surface area contributed by atoms with Gasteiger partial charge < -0.3 is 4.74 Å². The van der Waals surface area contributed by atoms with Gasteiger partial charge in [0.1, 0.15) is 5.15 Å². The molecule has 1 aliphatic rings. The van der Waals surface area contributed by atoms with Crippen LogP contribution in [0.5, 0.6) is 0 Å². The third kappa shape index (κ3) is 3.55. The van der Waals surface area contributed by atoms with Crippen LogP contribution in [0, 0.1) is 0 Å². The number of hydrogen-bond donors (Lipinski definition) is 1. The molecular weight excluding hydrogens is 279 g/mol. The first kappa shape index (κ1) is 13.5. The van der Waals surface area contributed by atoms with Crippen LogP contribution in [0.1, 0.15) is 29.8 Å². The molecule has 7 heteroatoms. The van der Waals surface area contributed by atoms with Crippen molar-refractivity contribution < 1.29 is 14.4 Å². The first-order chi connectivity index (χ1) is 8.66. The summed E-state index contributed by atoms with van der Waals surface area (Å²) in [5, 5.41) is 0.406. The molecule has 0 bridgehead atoms. The third-order valence-electron chi connectivity index (χ3n) is 2.45. The molecule has 1 aliphatic heterocycles. The van der Waals surface area contributed by atoms with Crippen molar-refractivity contribution in [3.63, 3.8) is 0 Å². The number of halogens is 2. The van der Waals surface area contributed by atoms with Crippen molar-refractivity contribution in [2.24, 2.45) is 0 Å². The Balaban J connectivity index is 1.92. The zero-order chi connectivity index (χ0) is 13.0. The summed E-state index contributed by atoms with van der Waals surface area (Å²) in [6.07, 6.45) is 2.35. The Labute approximate surface area is 114 Å². The highest BCUT2D eigenvalue weighted by molar-refractivity contribution is 6.34. The Morgan fingerprint density at radius 1 is 1.44 bits per heavy atom. The van der Waals surface area contributed by atoms with Crippen LogP contribution >= 0.6 is 23.2 Å². The molecule has 2 heterocycles. The van der Waals surface area contributed by atoms with E-state index in [0.717, 1.165) is 19.3 Å². The van der Waals surface area contributed by atoms with Crippen molar-refractivity contribution in [1.82, 2.24) is 10.5 Å². The molecular formula is C11H12Cl2N2O3. The van der Waals surface area contributed by atoms with Crippen LogP contribution in [0.25, 0.3) is 0 Å². The van der Waals surface area contributed by atoms with Crippen molar-refractivity contribution in [1.29, 1.82) is 0 Å². The van der Waals surface area contributed by atoms with E-state index in [4.69, 9.17) is 32.8 Å². The van der Waals surface area contributed by atoms with Gasteiger partial charge in [-0.15, -0.1) is 0 Å². The fourth-order valence-corrected chi connectivity index (χ4v) is 1.89. The van der Waals surface area contributed by atoms with E-state index in [-0.39, 0.29) is 15.9 Å². The minimum atomic E-state index is -0.545. The monoisotopic (exact) mass is 290 g/mol. The van der Waals surface area contributed by atoms with Gasteiger partial charge in [0.25, 0.3) is 5.91 Å². The summed E-state index contributed by atoms with van der Waals surface area (Å²) in [7, 11) is 0. The van der Waals surface area contributed by atoms with Crippen LogP contribution in [0.3, 0.4) is 0 Å². The number of ether oxygens (including phenoxy) is 1. The van der Waals surface area contributed by atoms with E-state index in [9.17, 15) is 4.79 Å². The van der Waals surface area contributed by atoms with Crippen LogP contribution in [-0.4, -0.2) is 23.8 Å². The lowest BCUT2D eigenvalue weighted by Crippen LogP contribution is -2.33. The fourth-order valence-electron chi connectivity index (χ4n) is 1.55. The fraction of sp³-hybridized carbons (Fsp3) is 0.455. The topological polar surface area (TPSA) is 60.5 Å². The molecule has 98 valence electrons. The molecule has 0 spiro atoms. The summed E-state index contributed by atoms with van der Waals surface area (Å²) in [4.78, 5) is 20.7. The summed E-state index contributed by atoms with van der Waals surface area (Å²) in [5.74, 6) is -0.545. The molecule has 1 N–H and O–H groups in total. The lowest BCUT2D eigenvalue weighted by molar-refractivity contribution is -0.186. The number of aromatic nitrogens is 1. The number of rotatable bonds is 3. The van der Waals surface area contributed by atoms with E-state index in [1.807, 2.05) is 0 Å². The number of nitrogens with zero attached hydrogens (tertiary/aromatic N) is 1. The summed E-state index contributed by atoms with van der Waals surface area (Å²) in [6.45, 7) is 0.636. The predicted octanol–water partition coefficient (Wildman–Crippen LogP) is 2.58. The number of pyridine rings is 1. The molecule has 0 aliphatic carbocycles. The van der Waals surface area contributed by atoms with Crippen LogP contribution < -0.4 is 5.48 Å². The molecule has 1 fully saturated rings. The van der Waals surface area contributed by atoms with Gasteiger partial charge in [-0.3, -0.25) is 4.79 Å². The van der Waals surface area contributed by atoms with E-state index in [0.29, 0.717) is 6.61 Å². The second-order valence-electron chi connectivity index (χ2n) is 3.81. The van der Waals surface area contributed by atoms with Gasteiger partial charge in [-0.05, 0) is 25.0 Å². The largest absolute Gasteiger partial charge is 0.350 e. The van der Waals surface area contributed by atoms with Gasteiger partial charge in [0.05, 0.1) is 5.02 Å². The van der Waals surface area contributed by atoms with E-state index in [2.05, 4.69) is 10.5 Å². The molecule has 1 saturated heterocycles. The second-order valence-corrected chi connectivity index (χ2v) is 4.60. The highest BCUT2D eigenvalue weighted by Gasteiger charge is 2.18. The number of nitrogens with one attached hydrogen (secondary N) is 1. The molecule has 1 unspecified atom stereocenters. The zero-order valence-electron chi connectivity index (χ0n) is 9.49. The van der Waals surface area contributed by atoms with Crippen LogP contribution in [0.4, 0.5) is 0 Å². The van der Waals surface area contributed by atoms with Crippen molar-refractivity contribution in [3.8, 4) is 0 Å². The summed E-state index contributed by atoms with van der Waals surface area (Å²) in [5.41, 5.74) is 2.29. The molecule has 1 aromatic heterocycles. The standard InChI is InChI=1S/C11H12Cl2N2O3/c12-7-4-5-8(13)14-10(7)11(16)15-18-9-3-1-2-6-17-9/h4-5,9H,1-3,6H2,(H,15,16). The molecule has 1 amide bonds. The second kappa shape index (κ2) is 6.33. The van der Waals surface area contributed by atoms with Crippen molar-refractivity contribution >= 4 is 29.1 Å². The average molecular weight is 291 g/mol. The highest BCUT2D eigenvalue weighted by atomic mass is 35.5. The maximum absolute atomic E-state index is 11.8. The van der Waals surface area contributed by atoms with Gasteiger partial charge in [0, 0.05) is 13.0 Å². The Hall–Kier alpha value is -0.880. The van der Waals surface area contributed by atoms with Gasteiger partial charge in [-0.1, -0.05) is 23.2 Å². The van der Waals surface area contributed by atoms with Crippen LogP contribution in [-0.2, 0) is 9.57 Å². The van der Waals surface area contributed by atoms with Gasteiger partial charge in [0.2, 0.25) is 0 Å². The Morgan fingerprint density at radius 2 is 2.28 bits per heavy atom. The normalized spacial score (nSPS) is 19.6. The number of carbonyl (C=O) groups excluding carboxylic acids is 1. The predicted molar refractivity (Wildman–Crippen MR) is 66.4 cm³/mol. The molecule has 2 rings (SSSR count). The van der Waals surface area contributed by atoms with Crippen molar-refractivity contribution in [3.05, 3.63) is 28.0 Å². The van der Waals surface area contributed by atoms with E-state index in [1.54, 1.807) is 0 Å². The summed E-state index contributed by atoms with van der Waals surface area (Å²) in [6, 6.07) is 3.01. The summed E-state index contributed by atoms with van der Waals surface area (Å²) >= 11 is 11.5. The first-order valence-electron chi connectivity index (χ1n) is 5.56. The average Bonchev–Trinajstić information content (AvgIpc) is 2.40.